The number of likely N-dealkylation sites (N-methyl/N-ethyl adjacent to an activating group) is 1. The van der Waals surface area contributed by atoms with Crippen LogP contribution in [0.15, 0.2) is 24.3 Å². The number of methoxy groups -OCH3 is 1. The molecule has 5 amide bonds. The van der Waals surface area contributed by atoms with Crippen LogP contribution >= 0.6 is 0 Å². The van der Waals surface area contributed by atoms with Gasteiger partial charge in [-0.05, 0) is 31.0 Å². The Morgan fingerprint density at radius 1 is 1.32 bits per heavy atom. The number of anilines is 2. The SMILES string of the molecule is CO[C@@H]1CCCN(C(=O)Nc2cccc(N3C(=O)CN(C)C3=O)c2)C1. The van der Waals surface area contributed by atoms with E-state index in [-0.39, 0.29) is 30.6 Å². The zero-order valence-corrected chi connectivity index (χ0v) is 14.4. The number of imide groups is 1. The van der Waals surface area contributed by atoms with Crippen molar-refractivity contribution in [3.8, 4) is 0 Å². The van der Waals surface area contributed by atoms with E-state index in [9.17, 15) is 14.4 Å². The van der Waals surface area contributed by atoms with Gasteiger partial charge in [0.15, 0.2) is 0 Å². The summed E-state index contributed by atoms with van der Waals surface area (Å²) in [6.07, 6.45) is 1.90. The lowest BCUT2D eigenvalue weighted by atomic mass is 10.1. The number of carbonyl (C=O) groups excluding carboxylic acids is 3. The Labute approximate surface area is 146 Å². The van der Waals surface area contributed by atoms with E-state index in [0.717, 1.165) is 17.7 Å². The van der Waals surface area contributed by atoms with Crippen LogP contribution in [0.1, 0.15) is 12.8 Å². The Balaban J connectivity index is 1.71. The van der Waals surface area contributed by atoms with Crippen LogP contribution in [0.25, 0.3) is 0 Å². The number of benzene rings is 1. The fourth-order valence-corrected chi connectivity index (χ4v) is 3.11. The van der Waals surface area contributed by atoms with Gasteiger partial charge >= 0.3 is 12.1 Å². The number of nitrogens with zero attached hydrogens (tertiary/aromatic N) is 3. The Morgan fingerprint density at radius 2 is 2.12 bits per heavy atom. The highest BCUT2D eigenvalue weighted by Crippen LogP contribution is 2.24. The molecule has 0 radical (unpaired) electrons. The van der Waals surface area contributed by atoms with Crippen LogP contribution in [0.2, 0.25) is 0 Å². The molecule has 8 nitrogen and oxygen atoms in total. The predicted octanol–water partition coefficient (Wildman–Crippen LogP) is 1.73. The summed E-state index contributed by atoms with van der Waals surface area (Å²) < 4.78 is 5.33. The number of piperidine rings is 1. The van der Waals surface area contributed by atoms with E-state index in [1.54, 1.807) is 43.3 Å². The summed E-state index contributed by atoms with van der Waals surface area (Å²) in [7, 11) is 3.23. The van der Waals surface area contributed by atoms with E-state index >= 15 is 0 Å². The molecular formula is C17H22N4O4. The zero-order valence-electron chi connectivity index (χ0n) is 14.4. The molecule has 1 aromatic rings. The topological polar surface area (TPSA) is 82.2 Å². The molecular weight excluding hydrogens is 324 g/mol. The van der Waals surface area contributed by atoms with E-state index in [1.165, 1.54) is 4.90 Å². The lowest BCUT2D eigenvalue weighted by Crippen LogP contribution is -2.44. The first-order valence-corrected chi connectivity index (χ1v) is 8.26. The first kappa shape index (κ1) is 17.2. The van der Waals surface area contributed by atoms with Crippen LogP contribution in [-0.2, 0) is 9.53 Å². The van der Waals surface area contributed by atoms with Crippen LogP contribution in [0, 0.1) is 0 Å². The Morgan fingerprint density at radius 3 is 2.80 bits per heavy atom. The van der Waals surface area contributed by atoms with Gasteiger partial charge in [-0.15, -0.1) is 0 Å². The summed E-state index contributed by atoms with van der Waals surface area (Å²) >= 11 is 0. The fourth-order valence-electron chi connectivity index (χ4n) is 3.11. The van der Waals surface area contributed by atoms with Gasteiger partial charge in [0.2, 0.25) is 0 Å². The lowest BCUT2D eigenvalue weighted by Gasteiger charge is -2.32. The summed E-state index contributed by atoms with van der Waals surface area (Å²) in [5.41, 5.74) is 0.989. The zero-order chi connectivity index (χ0) is 18.0. The predicted molar refractivity (Wildman–Crippen MR) is 92.6 cm³/mol. The average molecular weight is 346 g/mol. The highest BCUT2D eigenvalue weighted by Gasteiger charge is 2.34. The van der Waals surface area contributed by atoms with Gasteiger partial charge in [0.25, 0.3) is 5.91 Å². The second kappa shape index (κ2) is 7.10. The molecule has 2 saturated heterocycles. The summed E-state index contributed by atoms with van der Waals surface area (Å²) in [5, 5.41) is 2.83. The molecule has 3 rings (SSSR count). The van der Waals surface area contributed by atoms with Gasteiger partial charge in [-0.2, -0.15) is 0 Å². The van der Waals surface area contributed by atoms with Crippen molar-refractivity contribution >= 4 is 29.3 Å². The molecule has 8 heteroatoms. The maximum atomic E-state index is 12.4. The maximum Gasteiger partial charge on any atom is 0.331 e. The van der Waals surface area contributed by atoms with Crippen molar-refractivity contribution in [3.05, 3.63) is 24.3 Å². The van der Waals surface area contributed by atoms with Crippen molar-refractivity contribution in [2.75, 3.05) is 44.0 Å². The molecule has 0 aliphatic carbocycles. The highest BCUT2D eigenvalue weighted by atomic mass is 16.5. The van der Waals surface area contributed by atoms with Crippen molar-refractivity contribution in [1.29, 1.82) is 0 Å². The minimum absolute atomic E-state index is 0.0567. The number of rotatable bonds is 3. The molecule has 2 aliphatic rings. The van der Waals surface area contributed by atoms with Crippen LogP contribution in [0.5, 0.6) is 0 Å². The first-order chi connectivity index (χ1) is 12.0. The van der Waals surface area contributed by atoms with Crippen molar-refractivity contribution < 1.29 is 19.1 Å². The van der Waals surface area contributed by atoms with Gasteiger partial charge in [0.05, 0.1) is 11.8 Å². The Bertz CT molecular complexity index is 693. The molecule has 25 heavy (non-hydrogen) atoms. The van der Waals surface area contributed by atoms with E-state index in [4.69, 9.17) is 4.74 Å². The van der Waals surface area contributed by atoms with Gasteiger partial charge in [0.1, 0.15) is 6.54 Å². The molecule has 2 aliphatic heterocycles. The van der Waals surface area contributed by atoms with Crippen molar-refractivity contribution in [2.45, 2.75) is 18.9 Å². The largest absolute Gasteiger partial charge is 0.380 e. The first-order valence-electron chi connectivity index (χ1n) is 8.26. The third-order valence-electron chi connectivity index (χ3n) is 4.49. The number of likely N-dealkylation sites (tertiary alicyclic amines) is 1. The second-order valence-corrected chi connectivity index (χ2v) is 6.29. The number of hydrogen-bond donors (Lipinski definition) is 1. The molecule has 134 valence electrons. The fraction of sp³-hybridized carbons (Fsp3) is 0.471. The van der Waals surface area contributed by atoms with Gasteiger partial charge in [0, 0.05) is 32.9 Å². The van der Waals surface area contributed by atoms with Crippen LogP contribution in [0.4, 0.5) is 21.0 Å². The summed E-state index contributed by atoms with van der Waals surface area (Å²) in [6, 6.07) is 6.16. The normalized spacial score (nSPS) is 21.0. The summed E-state index contributed by atoms with van der Waals surface area (Å²) in [5.74, 6) is -0.282. The van der Waals surface area contributed by atoms with Crippen molar-refractivity contribution in [1.82, 2.24) is 9.80 Å². The average Bonchev–Trinajstić information content (AvgIpc) is 2.87. The van der Waals surface area contributed by atoms with Crippen LogP contribution in [0.3, 0.4) is 0 Å². The van der Waals surface area contributed by atoms with E-state index in [0.29, 0.717) is 24.5 Å². The number of urea groups is 2. The van der Waals surface area contributed by atoms with Crippen LogP contribution in [-0.4, -0.2) is 67.7 Å². The minimum Gasteiger partial charge on any atom is -0.380 e. The maximum absolute atomic E-state index is 12.4. The third-order valence-corrected chi connectivity index (χ3v) is 4.49. The Kier molecular flexibility index (Phi) is 4.89. The van der Waals surface area contributed by atoms with Crippen molar-refractivity contribution in [3.63, 3.8) is 0 Å². The smallest absolute Gasteiger partial charge is 0.331 e. The number of carbonyl (C=O) groups is 3. The molecule has 2 fully saturated rings. The monoisotopic (exact) mass is 346 g/mol. The highest BCUT2D eigenvalue weighted by molar-refractivity contribution is 6.19. The summed E-state index contributed by atoms with van der Waals surface area (Å²) in [6.45, 7) is 1.29. The quantitative estimate of drug-likeness (QED) is 0.845. The summed E-state index contributed by atoms with van der Waals surface area (Å²) in [4.78, 5) is 40.7. The molecule has 0 unspecified atom stereocenters. The van der Waals surface area contributed by atoms with E-state index in [2.05, 4.69) is 5.32 Å². The van der Waals surface area contributed by atoms with Gasteiger partial charge < -0.3 is 19.9 Å². The minimum atomic E-state index is -0.368. The Hall–Kier alpha value is -2.61. The standard InChI is InChI=1S/C17H22N4O4/c1-19-11-15(22)21(17(19)24)13-6-3-5-12(9-13)18-16(23)20-8-4-7-14(10-20)25-2/h3,5-6,9,14H,4,7-8,10-11H2,1-2H3,(H,18,23)/t14-/m1/s1. The molecule has 0 saturated carbocycles. The molecule has 1 atom stereocenters. The number of hydrogen-bond acceptors (Lipinski definition) is 4. The molecule has 1 N–H and O–H groups in total. The lowest BCUT2D eigenvalue weighted by molar-refractivity contribution is -0.116. The molecule has 0 spiro atoms. The third kappa shape index (κ3) is 3.58. The second-order valence-electron chi connectivity index (χ2n) is 6.29. The van der Waals surface area contributed by atoms with E-state index in [1.807, 2.05) is 0 Å². The van der Waals surface area contributed by atoms with Gasteiger partial charge in [-0.3, -0.25) is 4.79 Å². The molecule has 1 aromatic carbocycles. The van der Waals surface area contributed by atoms with Gasteiger partial charge in [-0.25, -0.2) is 14.5 Å². The van der Waals surface area contributed by atoms with Crippen LogP contribution < -0.4 is 10.2 Å². The molecule has 0 bridgehead atoms. The number of amides is 5. The van der Waals surface area contributed by atoms with E-state index < -0.39 is 0 Å². The number of nitrogens with one attached hydrogen (secondary N) is 1. The molecule has 2 heterocycles. The number of ether oxygens (including phenoxy) is 1. The van der Waals surface area contributed by atoms with Crippen molar-refractivity contribution in [2.24, 2.45) is 0 Å². The molecule has 0 aromatic heterocycles. The van der Waals surface area contributed by atoms with Gasteiger partial charge in [-0.1, -0.05) is 6.07 Å².